The van der Waals surface area contributed by atoms with Gasteiger partial charge in [0.25, 0.3) is 5.91 Å². The Labute approximate surface area is 158 Å². The highest BCUT2D eigenvalue weighted by Crippen LogP contribution is 2.31. The lowest BCUT2D eigenvalue weighted by Gasteiger charge is -2.18. The van der Waals surface area contributed by atoms with Crippen LogP contribution in [-0.2, 0) is 11.0 Å². The van der Waals surface area contributed by atoms with Crippen molar-refractivity contribution in [1.82, 2.24) is 5.32 Å². The molecule has 0 bridgehead atoms. The molecule has 2 rings (SSSR count). The van der Waals surface area contributed by atoms with Gasteiger partial charge in [-0.2, -0.15) is 13.2 Å². The number of amides is 1. The first-order valence-corrected chi connectivity index (χ1v) is 8.94. The number of hydrogen-bond acceptors (Lipinski definition) is 3. The average Bonchev–Trinajstić information content (AvgIpc) is 2.61. The molecular weight excluding hydrogens is 379 g/mol. The standard InChI is InChI=1S/C19H18F3NO3S/c1-11(13-6-5-7-14(10-13)19(20,21)22)23-17(24)15-8-3-4-9-16(15)27-12(2)18(25)26/h3-12H,1-2H3,(H,23,24)(H,25,26). The summed E-state index contributed by atoms with van der Waals surface area (Å²) >= 11 is 1.03. The number of carbonyl (C=O) groups excluding carboxylic acids is 1. The highest BCUT2D eigenvalue weighted by atomic mass is 32.2. The molecule has 0 aromatic heterocycles. The fourth-order valence-corrected chi connectivity index (χ4v) is 3.27. The van der Waals surface area contributed by atoms with E-state index in [-0.39, 0.29) is 5.56 Å². The summed E-state index contributed by atoms with van der Waals surface area (Å²) in [6.07, 6.45) is -4.46. The number of alkyl halides is 3. The largest absolute Gasteiger partial charge is 0.480 e. The van der Waals surface area contributed by atoms with Crippen molar-refractivity contribution in [2.45, 2.75) is 36.2 Å². The molecule has 0 saturated carbocycles. The molecule has 0 aliphatic heterocycles. The molecule has 0 aliphatic carbocycles. The van der Waals surface area contributed by atoms with Crippen molar-refractivity contribution in [1.29, 1.82) is 0 Å². The normalized spacial score (nSPS) is 13.7. The number of benzene rings is 2. The summed E-state index contributed by atoms with van der Waals surface area (Å²) in [7, 11) is 0. The first kappa shape index (κ1) is 20.8. The van der Waals surface area contributed by atoms with Crippen molar-refractivity contribution in [2.75, 3.05) is 0 Å². The minimum absolute atomic E-state index is 0.273. The van der Waals surface area contributed by atoms with E-state index in [0.717, 1.165) is 23.9 Å². The van der Waals surface area contributed by atoms with E-state index in [4.69, 9.17) is 5.11 Å². The number of halogens is 3. The van der Waals surface area contributed by atoms with Crippen LogP contribution in [0.4, 0.5) is 13.2 Å². The monoisotopic (exact) mass is 397 g/mol. The third-order valence-corrected chi connectivity index (χ3v) is 5.01. The number of rotatable bonds is 6. The maximum Gasteiger partial charge on any atom is 0.416 e. The lowest BCUT2D eigenvalue weighted by molar-refractivity contribution is -0.138. The van der Waals surface area contributed by atoms with Crippen LogP contribution in [0.5, 0.6) is 0 Å². The molecule has 8 heteroatoms. The molecule has 27 heavy (non-hydrogen) atoms. The van der Waals surface area contributed by atoms with Gasteiger partial charge in [-0.05, 0) is 43.7 Å². The van der Waals surface area contributed by atoms with Gasteiger partial charge < -0.3 is 10.4 Å². The molecule has 0 fully saturated rings. The minimum atomic E-state index is -4.46. The predicted octanol–water partition coefficient (Wildman–Crippen LogP) is 4.76. The molecule has 1 amide bonds. The molecule has 2 aromatic rings. The number of carbonyl (C=O) groups is 2. The number of nitrogens with one attached hydrogen (secondary N) is 1. The zero-order valence-electron chi connectivity index (χ0n) is 14.6. The topological polar surface area (TPSA) is 66.4 Å². The van der Waals surface area contributed by atoms with Crippen LogP contribution >= 0.6 is 11.8 Å². The fourth-order valence-electron chi connectivity index (χ4n) is 2.34. The van der Waals surface area contributed by atoms with Gasteiger partial charge in [0.15, 0.2) is 0 Å². The quantitative estimate of drug-likeness (QED) is 0.690. The van der Waals surface area contributed by atoms with E-state index in [0.29, 0.717) is 10.5 Å². The van der Waals surface area contributed by atoms with Crippen LogP contribution in [0.15, 0.2) is 53.4 Å². The maximum absolute atomic E-state index is 12.9. The fraction of sp³-hybridized carbons (Fsp3) is 0.263. The summed E-state index contributed by atoms with van der Waals surface area (Å²) in [4.78, 5) is 24.1. The zero-order chi connectivity index (χ0) is 20.2. The van der Waals surface area contributed by atoms with E-state index in [1.807, 2.05) is 0 Å². The highest BCUT2D eigenvalue weighted by Gasteiger charge is 2.30. The van der Waals surface area contributed by atoms with Gasteiger partial charge in [0.2, 0.25) is 0 Å². The van der Waals surface area contributed by atoms with Crippen molar-refractivity contribution in [3.05, 3.63) is 65.2 Å². The van der Waals surface area contributed by atoms with Crippen molar-refractivity contribution >= 4 is 23.6 Å². The summed E-state index contributed by atoms with van der Waals surface area (Å²) in [5.74, 6) is -1.49. The van der Waals surface area contributed by atoms with Crippen molar-refractivity contribution in [3.8, 4) is 0 Å². The average molecular weight is 397 g/mol. The molecule has 2 N–H and O–H groups in total. The molecular formula is C19H18F3NO3S. The molecule has 2 aromatic carbocycles. The summed E-state index contributed by atoms with van der Waals surface area (Å²) in [5.41, 5.74) is -0.191. The Hall–Kier alpha value is -2.48. The van der Waals surface area contributed by atoms with Crippen LogP contribution in [0, 0.1) is 0 Å². The predicted molar refractivity (Wildman–Crippen MR) is 96.7 cm³/mol. The number of aliphatic carboxylic acids is 1. The van der Waals surface area contributed by atoms with E-state index in [1.165, 1.54) is 19.1 Å². The molecule has 2 atom stereocenters. The van der Waals surface area contributed by atoms with E-state index in [1.54, 1.807) is 31.2 Å². The number of carboxylic acid groups (broad SMARTS) is 1. The van der Waals surface area contributed by atoms with Gasteiger partial charge in [-0.25, -0.2) is 0 Å². The van der Waals surface area contributed by atoms with Gasteiger partial charge >= 0.3 is 12.1 Å². The molecule has 0 aliphatic rings. The Bertz CT molecular complexity index is 839. The maximum atomic E-state index is 12.9. The Kier molecular flexibility index (Phi) is 6.54. The number of carboxylic acids is 1. The van der Waals surface area contributed by atoms with Gasteiger partial charge in [0.1, 0.15) is 5.25 Å². The van der Waals surface area contributed by atoms with E-state index >= 15 is 0 Å². The highest BCUT2D eigenvalue weighted by molar-refractivity contribution is 8.00. The first-order chi connectivity index (χ1) is 12.6. The van der Waals surface area contributed by atoms with E-state index in [9.17, 15) is 22.8 Å². The van der Waals surface area contributed by atoms with Gasteiger partial charge in [-0.15, -0.1) is 11.8 Å². The number of hydrogen-bond donors (Lipinski definition) is 2. The Morgan fingerprint density at radius 1 is 1.07 bits per heavy atom. The Balaban J connectivity index is 2.19. The molecule has 0 spiro atoms. The Morgan fingerprint density at radius 3 is 2.37 bits per heavy atom. The molecule has 0 saturated heterocycles. The summed E-state index contributed by atoms with van der Waals surface area (Å²) in [6.45, 7) is 3.09. The molecule has 0 radical (unpaired) electrons. The van der Waals surface area contributed by atoms with Gasteiger partial charge in [-0.3, -0.25) is 9.59 Å². The summed E-state index contributed by atoms with van der Waals surface area (Å²) in [5, 5.41) is 11.0. The van der Waals surface area contributed by atoms with Crippen LogP contribution < -0.4 is 5.32 Å². The van der Waals surface area contributed by atoms with Gasteiger partial charge in [0.05, 0.1) is 17.2 Å². The van der Waals surface area contributed by atoms with Crippen molar-refractivity contribution < 1.29 is 27.9 Å². The second kappa shape index (κ2) is 8.47. The van der Waals surface area contributed by atoms with Crippen LogP contribution in [0.25, 0.3) is 0 Å². The molecule has 144 valence electrons. The number of thioether (sulfide) groups is 1. The summed E-state index contributed by atoms with van der Waals surface area (Å²) < 4.78 is 38.6. The van der Waals surface area contributed by atoms with Crippen molar-refractivity contribution in [2.24, 2.45) is 0 Å². The second-order valence-electron chi connectivity index (χ2n) is 5.91. The van der Waals surface area contributed by atoms with Crippen molar-refractivity contribution in [3.63, 3.8) is 0 Å². The second-order valence-corrected chi connectivity index (χ2v) is 7.30. The van der Waals surface area contributed by atoms with E-state index in [2.05, 4.69) is 5.32 Å². The molecule has 0 heterocycles. The lowest BCUT2D eigenvalue weighted by atomic mass is 10.0. The third-order valence-electron chi connectivity index (χ3n) is 3.84. The van der Waals surface area contributed by atoms with Crippen LogP contribution in [0.3, 0.4) is 0 Å². The third kappa shape index (κ3) is 5.50. The minimum Gasteiger partial charge on any atom is -0.480 e. The molecule has 2 unspecified atom stereocenters. The van der Waals surface area contributed by atoms with Crippen LogP contribution in [-0.4, -0.2) is 22.2 Å². The SMILES string of the molecule is CC(Sc1ccccc1C(=O)NC(C)c1cccc(C(F)(F)F)c1)C(=O)O. The van der Waals surface area contributed by atoms with E-state index < -0.39 is 34.9 Å². The van der Waals surface area contributed by atoms with Gasteiger partial charge in [-0.1, -0.05) is 24.3 Å². The van der Waals surface area contributed by atoms with Crippen LogP contribution in [0.1, 0.15) is 41.4 Å². The van der Waals surface area contributed by atoms with Crippen LogP contribution in [0.2, 0.25) is 0 Å². The zero-order valence-corrected chi connectivity index (χ0v) is 15.4. The Morgan fingerprint density at radius 2 is 1.74 bits per heavy atom. The smallest absolute Gasteiger partial charge is 0.416 e. The molecule has 4 nitrogen and oxygen atoms in total. The summed E-state index contributed by atoms with van der Waals surface area (Å²) in [6, 6.07) is 10.6. The lowest BCUT2D eigenvalue weighted by Crippen LogP contribution is -2.27. The van der Waals surface area contributed by atoms with Gasteiger partial charge in [0, 0.05) is 4.90 Å². The first-order valence-electron chi connectivity index (χ1n) is 8.06.